The van der Waals surface area contributed by atoms with Gasteiger partial charge in [-0.2, -0.15) is 5.26 Å². The first-order valence-corrected chi connectivity index (χ1v) is 11.2. The molecule has 170 valence electrons. The van der Waals surface area contributed by atoms with Gasteiger partial charge >= 0.3 is 0 Å². The number of nitrogens with one attached hydrogen (secondary N) is 1. The summed E-state index contributed by atoms with van der Waals surface area (Å²) in [6, 6.07) is 11.1. The Morgan fingerprint density at radius 1 is 1.24 bits per heavy atom. The fourth-order valence-corrected chi connectivity index (χ4v) is 4.39. The van der Waals surface area contributed by atoms with Crippen molar-refractivity contribution < 1.29 is 4.79 Å². The van der Waals surface area contributed by atoms with Crippen LogP contribution in [-0.4, -0.2) is 62.7 Å². The number of aryl methyl sites for hydroxylation is 1. The molecule has 0 unspecified atom stereocenters. The first-order valence-electron chi connectivity index (χ1n) is 11.2. The van der Waals surface area contributed by atoms with Gasteiger partial charge in [0.2, 0.25) is 0 Å². The number of hydrogen-bond donors (Lipinski definition) is 1. The summed E-state index contributed by atoms with van der Waals surface area (Å²) in [6.45, 7) is 9.52. The van der Waals surface area contributed by atoms with Gasteiger partial charge in [0, 0.05) is 38.1 Å². The molecular weight excluding hydrogens is 416 g/mol. The lowest BCUT2D eigenvalue weighted by Crippen LogP contribution is -2.53. The van der Waals surface area contributed by atoms with Crippen molar-refractivity contribution in [3.8, 4) is 23.0 Å². The Bertz CT molecular complexity index is 1250. The van der Waals surface area contributed by atoms with Crippen molar-refractivity contribution >= 4 is 5.91 Å². The van der Waals surface area contributed by atoms with Crippen LogP contribution in [0.1, 0.15) is 41.8 Å². The molecule has 1 aliphatic heterocycles. The summed E-state index contributed by atoms with van der Waals surface area (Å²) in [6.07, 6.45) is 4.27. The number of pyridine rings is 1. The second-order valence-corrected chi connectivity index (χ2v) is 8.51. The number of piperazine rings is 1. The molecule has 0 spiro atoms. The minimum Gasteiger partial charge on any atom is -0.336 e. The zero-order chi connectivity index (χ0) is 23.5. The number of rotatable bonds is 5. The monoisotopic (exact) mass is 444 g/mol. The maximum atomic E-state index is 13.0. The lowest BCUT2D eigenvalue weighted by Gasteiger charge is -2.39. The van der Waals surface area contributed by atoms with Gasteiger partial charge in [-0.1, -0.05) is 13.0 Å². The number of nitrogens with zero attached hydrogens (tertiary/aromatic N) is 5. The highest BCUT2D eigenvalue weighted by atomic mass is 16.2. The van der Waals surface area contributed by atoms with Crippen LogP contribution in [0.25, 0.3) is 16.9 Å². The Kier molecular flexibility index (Phi) is 6.43. The van der Waals surface area contributed by atoms with E-state index < -0.39 is 0 Å². The van der Waals surface area contributed by atoms with Gasteiger partial charge in [-0.15, -0.1) is 0 Å². The molecule has 0 bridgehead atoms. The lowest BCUT2D eigenvalue weighted by molar-refractivity contribution is 0.0515. The molecule has 33 heavy (non-hydrogen) atoms. The molecule has 1 aromatic carbocycles. The maximum Gasteiger partial charge on any atom is 0.280 e. The second kappa shape index (κ2) is 9.43. The van der Waals surface area contributed by atoms with Crippen LogP contribution in [0.4, 0.5) is 0 Å². The van der Waals surface area contributed by atoms with Crippen molar-refractivity contribution in [1.29, 1.82) is 5.26 Å². The molecule has 0 aliphatic carbocycles. The van der Waals surface area contributed by atoms with Gasteiger partial charge in [0.1, 0.15) is 0 Å². The highest BCUT2D eigenvalue weighted by molar-refractivity contribution is 5.94. The molecular formula is C25H28N6O2. The molecule has 1 atom stereocenters. The van der Waals surface area contributed by atoms with E-state index in [1.54, 1.807) is 36.5 Å². The number of carbonyl (C=O) groups is 1. The maximum absolute atomic E-state index is 13.0. The number of benzene rings is 1. The first kappa shape index (κ1) is 22.5. The van der Waals surface area contributed by atoms with E-state index in [4.69, 9.17) is 5.26 Å². The van der Waals surface area contributed by atoms with Gasteiger partial charge in [0.25, 0.3) is 11.5 Å². The van der Waals surface area contributed by atoms with Gasteiger partial charge in [0.15, 0.2) is 5.82 Å². The molecule has 1 fully saturated rings. The van der Waals surface area contributed by atoms with Crippen LogP contribution in [0.3, 0.4) is 0 Å². The van der Waals surface area contributed by atoms with Gasteiger partial charge in [-0.25, -0.2) is 9.67 Å². The van der Waals surface area contributed by atoms with E-state index in [1.807, 2.05) is 11.8 Å². The van der Waals surface area contributed by atoms with E-state index in [0.717, 1.165) is 30.6 Å². The lowest BCUT2D eigenvalue weighted by atomic mass is 10.0. The third-order valence-corrected chi connectivity index (χ3v) is 6.20. The van der Waals surface area contributed by atoms with Gasteiger partial charge in [-0.05, 0) is 62.2 Å². The molecule has 3 heterocycles. The van der Waals surface area contributed by atoms with E-state index in [0.29, 0.717) is 41.6 Å². The number of aromatic nitrogens is 3. The van der Waals surface area contributed by atoms with Crippen LogP contribution in [0.2, 0.25) is 0 Å². The van der Waals surface area contributed by atoms with E-state index in [2.05, 4.69) is 34.9 Å². The molecule has 4 rings (SSSR count). The summed E-state index contributed by atoms with van der Waals surface area (Å²) < 4.78 is 1.35. The van der Waals surface area contributed by atoms with Crippen molar-refractivity contribution in [2.45, 2.75) is 33.2 Å². The smallest absolute Gasteiger partial charge is 0.280 e. The molecule has 1 N–H and O–H groups in total. The molecule has 1 aliphatic rings. The van der Waals surface area contributed by atoms with E-state index in [9.17, 15) is 9.59 Å². The topological polar surface area (TPSA) is 98.0 Å². The summed E-state index contributed by atoms with van der Waals surface area (Å²) in [5.74, 6) is 0.375. The number of nitriles is 1. The number of hydrogen-bond acceptors (Lipinski definition) is 5. The zero-order valence-electron chi connectivity index (χ0n) is 19.2. The van der Waals surface area contributed by atoms with E-state index in [1.165, 1.54) is 10.9 Å². The number of aromatic amines is 1. The summed E-state index contributed by atoms with van der Waals surface area (Å²) in [7, 11) is 0. The molecule has 0 radical (unpaired) electrons. The largest absolute Gasteiger partial charge is 0.336 e. The van der Waals surface area contributed by atoms with Gasteiger partial charge in [-0.3, -0.25) is 19.6 Å². The van der Waals surface area contributed by atoms with Crippen LogP contribution in [0, 0.1) is 18.3 Å². The van der Waals surface area contributed by atoms with Crippen molar-refractivity contribution in [3.05, 3.63) is 69.8 Å². The molecule has 8 nitrogen and oxygen atoms in total. The van der Waals surface area contributed by atoms with Crippen molar-refractivity contribution in [2.24, 2.45) is 0 Å². The second-order valence-electron chi connectivity index (χ2n) is 8.51. The fourth-order valence-electron chi connectivity index (χ4n) is 4.39. The Morgan fingerprint density at radius 2 is 2.06 bits per heavy atom. The number of amides is 1. The van der Waals surface area contributed by atoms with Crippen molar-refractivity contribution in [3.63, 3.8) is 0 Å². The number of H-pyrrole nitrogens is 1. The van der Waals surface area contributed by atoms with Crippen LogP contribution >= 0.6 is 0 Å². The molecule has 0 saturated carbocycles. The van der Waals surface area contributed by atoms with Crippen LogP contribution in [-0.2, 0) is 0 Å². The summed E-state index contributed by atoms with van der Waals surface area (Å²) in [5, 5.41) is 12.0. The SMILES string of the molecule is CCCN1CCN(C(=O)c2ccc(-n3[nH]cc(-c4ccc(C#N)cc4C)c3=O)nc2)C[C@@H]1C. The van der Waals surface area contributed by atoms with Crippen LogP contribution < -0.4 is 5.56 Å². The van der Waals surface area contributed by atoms with Crippen molar-refractivity contribution in [1.82, 2.24) is 24.6 Å². The molecule has 1 saturated heterocycles. The number of carbonyl (C=O) groups excluding carboxylic acids is 1. The van der Waals surface area contributed by atoms with Gasteiger partial charge in [0.05, 0.1) is 22.8 Å². The average molecular weight is 445 g/mol. The summed E-state index contributed by atoms with van der Waals surface area (Å²) in [5.41, 5.74) is 2.93. The van der Waals surface area contributed by atoms with Crippen LogP contribution in [0.15, 0.2) is 47.5 Å². The highest BCUT2D eigenvalue weighted by Crippen LogP contribution is 2.21. The third-order valence-electron chi connectivity index (χ3n) is 6.20. The molecule has 8 heteroatoms. The quantitative estimate of drug-likeness (QED) is 0.652. The van der Waals surface area contributed by atoms with Crippen molar-refractivity contribution in [2.75, 3.05) is 26.2 Å². The Morgan fingerprint density at radius 3 is 2.70 bits per heavy atom. The minimum atomic E-state index is -0.241. The average Bonchev–Trinajstić information content (AvgIpc) is 3.21. The fraction of sp³-hybridized carbons (Fsp3) is 0.360. The predicted molar refractivity (Wildman–Crippen MR) is 126 cm³/mol. The summed E-state index contributed by atoms with van der Waals surface area (Å²) in [4.78, 5) is 34.6. The van der Waals surface area contributed by atoms with Gasteiger partial charge < -0.3 is 4.90 Å². The third kappa shape index (κ3) is 4.45. The Balaban J connectivity index is 1.52. The normalized spacial score (nSPS) is 16.5. The van der Waals surface area contributed by atoms with E-state index in [-0.39, 0.29) is 11.5 Å². The Hall–Kier alpha value is -3.70. The molecule has 2 aromatic heterocycles. The first-order chi connectivity index (χ1) is 15.9. The summed E-state index contributed by atoms with van der Waals surface area (Å²) >= 11 is 0. The minimum absolute atomic E-state index is 0.0372. The Labute approximate surface area is 193 Å². The molecule has 1 amide bonds. The predicted octanol–water partition coefficient (Wildman–Crippen LogP) is 2.96. The zero-order valence-corrected chi connectivity index (χ0v) is 19.2. The molecule has 3 aromatic rings. The van der Waals surface area contributed by atoms with Crippen LogP contribution in [0.5, 0.6) is 0 Å². The standard InChI is InChI=1S/C25H28N6O2/c1-4-9-29-10-11-30(16-18(29)3)24(32)20-6-8-23(27-14-20)31-25(33)22(15-28-31)21-7-5-19(13-26)12-17(21)2/h5-8,12,14-15,18,28H,4,9-11,16H2,1-3H3/t18-/m0/s1. The van der Waals surface area contributed by atoms with E-state index >= 15 is 0 Å². The highest BCUT2D eigenvalue weighted by Gasteiger charge is 2.27.